The van der Waals surface area contributed by atoms with Crippen LogP contribution in [0, 0.1) is 6.57 Å². The third-order valence-electron chi connectivity index (χ3n) is 4.79. The van der Waals surface area contributed by atoms with E-state index in [1.54, 1.807) is 24.3 Å². The molecule has 2 heterocycles. The molecule has 2 aromatic carbocycles. The number of carbonyl (C=O) groups excluding carboxylic acids is 2. The summed E-state index contributed by atoms with van der Waals surface area (Å²) in [7, 11) is 0. The number of imide groups is 1. The van der Waals surface area contributed by atoms with Crippen molar-refractivity contribution in [1.82, 2.24) is 9.88 Å². The number of benzene rings is 2. The van der Waals surface area contributed by atoms with Crippen molar-refractivity contribution in [3.63, 3.8) is 0 Å². The van der Waals surface area contributed by atoms with Crippen LogP contribution in [0.5, 0.6) is 5.75 Å². The normalized spacial score (nSPS) is 13.4. The largest absolute Gasteiger partial charge is 0.506 e. The van der Waals surface area contributed by atoms with Crippen molar-refractivity contribution in [2.45, 2.75) is 6.54 Å². The Morgan fingerprint density at radius 2 is 1.73 bits per heavy atom. The molecule has 1 aliphatic heterocycles. The van der Waals surface area contributed by atoms with Gasteiger partial charge in [0.05, 0.1) is 24.2 Å². The lowest BCUT2D eigenvalue weighted by atomic mass is 9.96. The topological polar surface area (TPSA) is 112 Å². The summed E-state index contributed by atoms with van der Waals surface area (Å²) < 4.78 is 0. The molecule has 2 amide bonds. The Kier molecular flexibility index (Phi) is 4.49. The minimum absolute atomic E-state index is 0.0143. The summed E-state index contributed by atoms with van der Waals surface area (Å²) in [5.41, 5.74) is 1.53. The summed E-state index contributed by atoms with van der Waals surface area (Å²) >= 11 is 0. The van der Waals surface area contributed by atoms with Gasteiger partial charge in [-0.3, -0.25) is 24.3 Å². The van der Waals surface area contributed by atoms with Gasteiger partial charge in [0.15, 0.2) is 0 Å². The maximum atomic E-state index is 12.9. The van der Waals surface area contributed by atoms with Gasteiger partial charge >= 0.3 is 5.97 Å². The van der Waals surface area contributed by atoms with Gasteiger partial charge in [-0.15, -0.1) is 0 Å². The first kappa shape index (κ1) is 18.8. The Morgan fingerprint density at radius 1 is 1.07 bits per heavy atom. The van der Waals surface area contributed by atoms with Crippen LogP contribution in [0.4, 0.5) is 0 Å². The van der Waals surface area contributed by atoms with Gasteiger partial charge in [0.25, 0.3) is 17.5 Å². The lowest BCUT2D eigenvalue weighted by Gasteiger charge is -2.27. The molecule has 146 valence electrons. The number of carboxylic acid groups (broad SMARTS) is 1. The van der Waals surface area contributed by atoms with Crippen LogP contribution in [0.25, 0.3) is 21.8 Å². The third kappa shape index (κ3) is 3.04. The first-order valence-electron chi connectivity index (χ1n) is 8.79. The average molecular weight is 399 g/mol. The Hall–Kier alpha value is -4.51. The first-order chi connectivity index (χ1) is 14.4. The monoisotopic (exact) mass is 399 g/mol. The number of carboxylic acids is 1. The first-order valence-corrected chi connectivity index (χ1v) is 8.79. The van der Waals surface area contributed by atoms with Crippen molar-refractivity contribution in [3.05, 3.63) is 88.0 Å². The molecule has 8 heteroatoms. The molecule has 2 N–H and O–H groups in total. The number of aromatic nitrogens is 1. The minimum Gasteiger partial charge on any atom is -0.506 e. The Morgan fingerprint density at radius 3 is 2.37 bits per heavy atom. The SMILES string of the molecule is [C-]#[N+]/C(=C/c1ccc(CN2C(=O)c3ccnc4c(O)ccc(c34)C2=O)cc1)C(=O)O. The molecule has 0 unspecified atom stereocenters. The van der Waals surface area contributed by atoms with Crippen molar-refractivity contribution < 1.29 is 24.6 Å². The molecule has 0 saturated heterocycles. The molecule has 0 atom stereocenters. The quantitative estimate of drug-likeness (QED) is 0.396. The van der Waals surface area contributed by atoms with E-state index in [4.69, 9.17) is 11.7 Å². The standard InChI is InChI=1S/C22H13N3O5/c1-23-16(22(29)30)10-12-2-4-13(5-3-12)11-25-20(27)14-6-7-17(26)19-18(14)15(21(25)28)8-9-24-19/h2-10,26H,11H2,(H,29,30)/b16-10+. The Bertz CT molecular complexity index is 1280. The van der Waals surface area contributed by atoms with Gasteiger partial charge in [0.1, 0.15) is 11.3 Å². The van der Waals surface area contributed by atoms with Crippen LogP contribution in [0.3, 0.4) is 0 Å². The van der Waals surface area contributed by atoms with Gasteiger partial charge in [0.2, 0.25) is 0 Å². The summed E-state index contributed by atoms with van der Waals surface area (Å²) in [4.78, 5) is 45.0. The molecule has 0 saturated carbocycles. The van der Waals surface area contributed by atoms with E-state index in [-0.39, 0.29) is 28.9 Å². The number of hydrogen-bond acceptors (Lipinski definition) is 5. The van der Waals surface area contributed by atoms with Gasteiger partial charge in [-0.1, -0.05) is 24.3 Å². The summed E-state index contributed by atoms with van der Waals surface area (Å²) in [6, 6.07) is 10.9. The zero-order valence-electron chi connectivity index (χ0n) is 15.4. The molecular formula is C22H13N3O5. The van der Waals surface area contributed by atoms with Gasteiger partial charge < -0.3 is 10.2 Å². The van der Waals surface area contributed by atoms with Gasteiger partial charge in [-0.2, -0.15) is 0 Å². The van der Waals surface area contributed by atoms with Crippen LogP contribution in [0.1, 0.15) is 31.8 Å². The molecule has 0 aliphatic carbocycles. The maximum absolute atomic E-state index is 12.9. The fourth-order valence-corrected chi connectivity index (χ4v) is 3.34. The van der Waals surface area contributed by atoms with E-state index in [2.05, 4.69) is 9.83 Å². The predicted octanol–water partition coefficient (Wildman–Crippen LogP) is 3.08. The van der Waals surface area contributed by atoms with Crippen LogP contribution in [-0.4, -0.2) is 37.9 Å². The van der Waals surface area contributed by atoms with Crippen LogP contribution in [-0.2, 0) is 11.3 Å². The van der Waals surface area contributed by atoms with Crippen LogP contribution >= 0.6 is 0 Å². The van der Waals surface area contributed by atoms with Crippen LogP contribution in [0.15, 0.2) is 54.4 Å². The van der Waals surface area contributed by atoms with Crippen LogP contribution in [0.2, 0.25) is 0 Å². The van der Waals surface area contributed by atoms with Crippen molar-refractivity contribution in [1.29, 1.82) is 0 Å². The molecule has 3 aromatic rings. The average Bonchev–Trinajstić information content (AvgIpc) is 2.75. The summed E-state index contributed by atoms with van der Waals surface area (Å²) in [5, 5.41) is 19.3. The molecule has 8 nitrogen and oxygen atoms in total. The fourth-order valence-electron chi connectivity index (χ4n) is 3.34. The number of aromatic hydroxyl groups is 1. The zero-order chi connectivity index (χ0) is 21.4. The molecule has 0 spiro atoms. The summed E-state index contributed by atoms with van der Waals surface area (Å²) in [5.74, 6) is -2.40. The Balaban J connectivity index is 1.66. The second-order valence-electron chi connectivity index (χ2n) is 6.60. The fraction of sp³-hybridized carbons (Fsp3) is 0.0455. The number of phenolic OH excluding ortho intramolecular Hbond substituents is 1. The molecule has 30 heavy (non-hydrogen) atoms. The number of pyridine rings is 1. The van der Waals surface area contributed by atoms with E-state index >= 15 is 0 Å². The summed E-state index contributed by atoms with van der Waals surface area (Å²) in [6.45, 7) is 6.90. The van der Waals surface area contributed by atoms with Crippen molar-refractivity contribution in [3.8, 4) is 5.75 Å². The van der Waals surface area contributed by atoms with E-state index in [1.165, 1.54) is 30.5 Å². The third-order valence-corrected chi connectivity index (χ3v) is 4.79. The highest BCUT2D eigenvalue weighted by molar-refractivity contribution is 6.25. The second kappa shape index (κ2) is 7.14. The van der Waals surface area contributed by atoms with Crippen LogP contribution < -0.4 is 0 Å². The number of rotatable bonds is 4. The van der Waals surface area contributed by atoms with Gasteiger partial charge in [-0.05, 0) is 35.4 Å². The van der Waals surface area contributed by atoms with E-state index in [1.807, 2.05) is 0 Å². The minimum atomic E-state index is -1.31. The van der Waals surface area contributed by atoms with Gasteiger partial charge in [-0.25, -0.2) is 4.85 Å². The number of amides is 2. The molecule has 0 radical (unpaired) electrons. The summed E-state index contributed by atoms with van der Waals surface area (Å²) in [6.07, 6.45) is 2.65. The number of hydrogen-bond donors (Lipinski definition) is 2. The van der Waals surface area contributed by atoms with E-state index < -0.39 is 23.5 Å². The molecule has 0 bridgehead atoms. The lowest BCUT2D eigenvalue weighted by molar-refractivity contribution is -0.132. The molecular weight excluding hydrogens is 386 g/mol. The molecule has 1 aromatic heterocycles. The molecule has 0 fully saturated rings. The van der Waals surface area contributed by atoms with E-state index in [0.717, 1.165) is 4.90 Å². The number of nitrogens with zero attached hydrogens (tertiary/aromatic N) is 3. The number of carbonyl (C=O) groups is 3. The molecule has 1 aliphatic rings. The van der Waals surface area contributed by atoms with Crippen molar-refractivity contribution in [2.75, 3.05) is 0 Å². The predicted molar refractivity (Wildman–Crippen MR) is 106 cm³/mol. The Labute approximate surface area is 170 Å². The smallest absolute Gasteiger partial charge is 0.333 e. The number of aliphatic carboxylic acids is 1. The highest BCUT2D eigenvalue weighted by atomic mass is 16.4. The lowest BCUT2D eigenvalue weighted by Crippen LogP contribution is -2.39. The van der Waals surface area contributed by atoms with Crippen molar-refractivity contribution >= 4 is 34.8 Å². The highest BCUT2D eigenvalue weighted by Crippen LogP contribution is 2.34. The zero-order valence-corrected chi connectivity index (χ0v) is 15.4. The maximum Gasteiger partial charge on any atom is 0.333 e. The van der Waals surface area contributed by atoms with Gasteiger partial charge in [0, 0.05) is 11.6 Å². The molecule has 4 rings (SSSR count). The van der Waals surface area contributed by atoms with E-state index in [0.29, 0.717) is 16.5 Å². The highest BCUT2D eigenvalue weighted by Gasteiger charge is 2.33. The van der Waals surface area contributed by atoms with Crippen molar-refractivity contribution in [2.24, 2.45) is 0 Å². The number of phenols is 1. The van der Waals surface area contributed by atoms with E-state index in [9.17, 15) is 19.5 Å². The second-order valence-corrected chi connectivity index (χ2v) is 6.60.